The number of hydrogen-bond donors (Lipinski definition) is 2. The first-order chi connectivity index (χ1) is 13.0. The zero-order valence-electron chi connectivity index (χ0n) is 15.3. The molecule has 1 aliphatic heterocycles. The van der Waals surface area contributed by atoms with E-state index in [4.69, 9.17) is 26.3 Å². The van der Waals surface area contributed by atoms with Gasteiger partial charge in [-0.25, -0.2) is 9.59 Å². The third-order valence-electron chi connectivity index (χ3n) is 3.99. The summed E-state index contributed by atoms with van der Waals surface area (Å²) in [7, 11) is 0. The Hall–Kier alpha value is -2.80. The molecule has 0 bridgehead atoms. The van der Waals surface area contributed by atoms with E-state index in [1.54, 1.807) is 45.0 Å². The lowest BCUT2D eigenvalue weighted by Crippen LogP contribution is -2.34. The highest BCUT2D eigenvalue weighted by Gasteiger charge is 2.39. The average Bonchev–Trinajstić information content (AvgIpc) is 2.62. The maximum atomic E-state index is 12.7. The molecule has 1 aromatic carbocycles. The highest BCUT2D eigenvalue weighted by molar-refractivity contribution is 6.31. The molecule has 0 saturated carbocycles. The third kappa shape index (κ3) is 4.31. The van der Waals surface area contributed by atoms with Crippen LogP contribution in [0.2, 0.25) is 5.02 Å². The molecule has 7 nitrogen and oxygen atoms in total. The normalized spacial score (nSPS) is 17.1. The van der Waals surface area contributed by atoms with E-state index in [-0.39, 0.29) is 30.1 Å². The Balaban J connectivity index is 2.76. The number of esters is 2. The van der Waals surface area contributed by atoms with Gasteiger partial charge in [-0.15, -0.1) is 0 Å². The first-order valence-electron chi connectivity index (χ1n) is 8.44. The zero-order chi connectivity index (χ0) is 20.0. The first-order valence-corrected chi connectivity index (χ1v) is 8.82. The molecular weight excluding hydrogens is 372 g/mol. The third-order valence-corrected chi connectivity index (χ3v) is 4.33. The van der Waals surface area contributed by atoms with Gasteiger partial charge in [0.15, 0.2) is 0 Å². The van der Waals surface area contributed by atoms with Crippen LogP contribution in [-0.4, -0.2) is 36.6 Å². The maximum Gasteiger partial charge on any atom is 0.337 e. The number of nitrogens with zero attached hydrogens (tertiary/aromatic N) is 1. The number of halogens is 1. The van der Waals surface area contributed by atoms with E-state index in [2.05, 4.69) is 10.5 Å². The van der Waals surface area contributed by atoms with E-state index in [1.807, 2.05) is 0 Å². The lowest BCUT2D eigenvalue weighted by molar-refractivity contribution is -0.139. The Labute approximate surface area is 162 Å². The fourth-order valence-electron chi connectivity index (χ4n) is 2.95. The molecule has 1 aromatic rings. The largest absolute Gasteiger partial charge is 0.463 e. The number of carbonyl (C=O) groups is 2. The van der Waals surface area contributed by atoms with Crippen LogP contribution in [0.3, 0.4) is 0 Å². The molecule has 0 fully saturated rings. The minimum atomic E-state index is -0.842. The summed E-state index contributed by atoms with van der Waals surface area (Å²) in [4.78, 5) is 25.4. The smallest absolute Gasteiger partial charge is 0.337 e. The number of benzene rings is 1. The Morgan fingerprint density at radius 3 is 2.33 bits per heavy atom. The van der Waals surface area contributed by atoms with E-state index < -0.39 is 17.9 Å². The van der Waals surface area contributed by atoms with E-state index >= 15 is 0 Å². The number of nitrogens with one attached hydrogen (secondary N) is 1. The summed E-state index contributed by atoms with van der Waals surface area (Å²) < 4.78 is 10.4. The molecule has 0 spiro atoms. The van der Waals surface area contributed by atoms with Crippen LogP contribution in [-0.2, 0) is 19.1 Å². The van der Waals surface area contributed by atoms with Crippen molar-refractivity contribution in [3.8, 4) is 0 Å². The van der Waals surface area contributed by atoms with Crippen LogP contribution in [0, 0.1) is 0 Å². The lowest BCUT2D eigenvalue weighted by Gasteiger charge is -2.30. The van der Waals surface area contributed by atoms with Gasteiger partial charge in [0, 0.05) is 10.7 Å². The topological polar surface area (TPSA) is 97.2 Å². The second-order valence-electron chi connectivity index (χ2n) is 5.63. The molecule has 0 aliphatic carbocycles. The van der Waals surface area contributed by atoms with E-state index in [0.29, 0.717) is 16.3 Å². The SMILES string of the molecule is CCOC(=O)C1=C(C)NC(/C=N\O)=C(C(=O)OCC)C1c1ccccc1Cl. The molecule has 2 N–H and O–H groups in total. The zero-order valence-corrected chi connectivity index (χ0v) is 16.0. The average molecular weight is 393 g/mol. The summed E-state index contributed by atoms with van der Waals surface area (Å²) >= 11 is 6.37. The number of allylic oxidation sites excluding steroid dienone is 2. The van der Waals surface area contributed by atoms with Gasteiger partial charge in [-0.1, -0.05) is 35.0 Å². The number of oxime groups is 1. The predicted octanol–water partition coefficient (Wildman–Crippen LogP) is 3.14. The summed E-state index contributed by atoms with van der Waals surface area (Å²) in [5, 5.41) is 15.3. The molecule has 8 heteroatoms. The molecule has 0 radical (unpaired) electrons. The van der Waals surface area contributed by atoms with Gasteiger partial charge in [0.05, 0.1) is 42.2 Å². The fraction of sp³-hybridized carbons (Fsp3) is 0.316. The number of carbonyl (C=O) groups excluding carboxylic acids is 2. The van der Waals surface area contributed by atoms with Crippen molar-refractivity contribution in [2.45, 2.75) is 26.7 Å². The molecule has 1 aliphatic rings. The lowest BCUT2D eigenvalue weighted by atomic mass is 9.80. The summed E-state index contributed by atoms with van der Waals surface area (Å²) in [5.41, 5.74) is 1.56. The molecule has 2 rings (SSSR count). The van der Waals surface area contributed by atoms with Crippen molar-refractivity contribution in [3.05, 3.63) is 57.4 Å². The van der Waals surface area contributed by atoms with Crippen LogP contribution in [0.15, 0.2) is 52.0 Å². The van der Waals surface area contributed by atoms with Crippen molar-refractivity contribution in [1.29, 1.82) is 0 Å². The minimum Gasteiger partial charge on any atom is -0.463 e. The molecule has 1 heterocycles. The second-order valence-corrected chi connectivity index (χ2v) is 6.04. The van der Waals surface area contributed by atoms with Crippen molar-refractivity contribution < 1.29 is 24.3 Å². The fourth-order valence-corrected chi connectivity index (χ4v) is 3.19. The molecule has 0 aromatic heterocycles. The van der Waals surface area contributed by atoms with Crippen molar-refractivity contribution >= 4 is 29.8 Å². The highest BCUT2D eigenvalue weighted by Crippen LogP contribution is 2.41. The van der Waals surface area contributed by atoms with Gasteiger partial charge in [0.25, 0.3) is 0 Å². The Bertz CT molecular complexity index is 829. The molecular formula is C19H21ClN2O5. The Morgan fingerprint density at radius 2 is 1.78 bits per heavy atom. The van der Waals surface area contributed by atoms with Gasteiger partial charge in [-0.05, 0) is 32.4 Å². The quantitative estimate of drug-likeness (QED) is 0.334. The van der Waals surface area contributed by atoms with Crippen molar-refractivity contribution in [2.24, 2.45) is 5.16 Å². The van der Waals surface area contributed by atoms with Gasteiger partial charge in [0.2, 0.25) is 0 Å². The molecule has 0 amide bonds. The minimum absolute atomic E-state index is 0.108. The summed E-state index contributed by atoms with van der Waals surface area (Å²) in [5.74, 6) is -2.07. The van der Waals surface area contributed by atoms with Gasteiger partial charge in [-0.2, -0.15) is 0 Å². The molecule has 144 valence electrons. The van der Waals surface area contributed by atoms with E-state index in [9.17, 15) is 9.59 Å². The van der Waals surface area contributed by atoms with Crippen LogP contribution in [0.4, 0.5) is 0 Å². The van der Waals surface area contributed by atoms with Gasteiger partial charge in [-0.3, -0.25) is 0 Å². The Kier molecular flexibility index (Phi) is 7.01. The number of dihydropyridines is 1. The second kappa shape index (κ2) is 9.23. The van der Waals surface area contributed by atoms with E-state index in [1.165, 1.54) is 0 Å². The van der Waals surface area contributed by atoms with Crippen LogP contribution in [0.1, 0.15) is 32.3 Å². The Morgan fingerprint density at radius 1 is 1.19 bits per heavy atom. The van der Waals surface area contributed by atoms with Crippen molar-refractivity contribution in [2.75, 3.05) is 13.2 Å². The number of hydrogen-bond acceptors (Lipinski definition) is 7. The summed E-state index contributed by atoms with van der Waals surface area (Å²) in [6, 6.07) is 6.89. The highest BCUT2D eigenvalue weighted by atomic mass is 35.5. The molecule has 0 saturated heterocycles. The standard InChI is InChI=1S/C19H21ClN2O5/c1-4-26-18(23)15-11(3)22-14(10-21-25)17(19(24)27-5-2)16(15)12-8-6-7-9-13(12)20/h6-10,16,22,25H,4-5H2,1-3H3/b21-10-. The first kappa shape index (κ1) is 20.5. The number of rotatable bonds is 6. The predicted molar refractivity (Wildman–Crippen MR) is 101 cm³/mol. The number of ether oxygens (including phenoxy) is 2. The molecule has 27 heavy (non-hydrogen) atoms. The van der Waals surface area contributed by atoms with Crippen molar-refractivity contribution in [1.82, 2.24) is 5.32 Å². The van der Waals surface area contributed by atoms with E-state index in [0.717, 1.165) is 6.21 Å². The van der Waals surface area contributed by atoms with Crippen LogP contribution in [0.25, 0.3) is 0 Å². The molecule has 1 unspecified atom stereocenters. The van der Waals surface area contributed by atoms with Gasteiger partial charge in [0.1, 0.15) is 0 Å². The molecule has 1 atom stereocenters. The van der Waals surface area contributed by atoms with Crippen molar-refractivity contribution in [3.63, 3.8) is 0 Å². The monoisotopic (exact) mass is 392 g/mol. The summed E-state index contributed by atoms with van der Waals surface area (Å²) in [6.07, 6.45) is 1.08. The summed E-state index contributed by atoms with van der Waals surface area (Å²) in [6.45, 7) is 5.35. The van der Waals surface area contributed by atoms with Gasteiger partial charge >= 0.3 is 11.9 Å². The van der Waals surface area contributed by atoms with Crippen LogP contribution in [0.5, 0.6) is 0 Å². The van der Waals surface area contributed by atoms with Crippen LogP contribution >= 0.6 is 11.6 Å². The maximum absolute atomic E-state index is 12.7. The van der Waals surface area contributed by atoms with Gasteiger partial charge < -0.3 is 20.0 Å². The van der Waals surface area contributed by atoms with Crippen LogP contribution < -0.4 is 5.32 Å².